The number of rotatable bonds is 6. The monoisotopic (exact) mass is 213 g/mol. The van der Waals surface area contributed by atoms with Gasteiger partial charge in [-0.2, -0.15) is 0 Å². The van der Waals surface area contributed by atoms with Crippen molar-refractivity contribution in [1.29, 1.82) is 0 Å². The molecule has 0 saturated carbocycles. The SMILES string of the molecule is CC(O)CCCNC(C)c1cccs1. The third kappa shape index (κ3) is 4.22. The predicted molar refractivity (Wildman–Crippen MR) is 61.7 cm³/mol. The molecule has 1 heterocycles. The molecule has 0 amide bonds. The van der Waals surface area contributed by atoms with Crippen molar-refractivity contribution < 1.29 is 5.11 Å². The van der Waals surface area contributed by atoms with Crippen LogP contribution in [0.5, 0.6) is 0 Å². The standard InChI is InChI=1S/C11H19NOS/c1-9(13)5-3-7-12-10(2)11-6-4-8-14-11/h4,6,8-10,12-13H,3,5,7H2,1-2H3. The van der Waals surface area contributed by atoms with Gasteiger partial charge in [0.25, 0.3) is 0 Å². The Hall–Kier alpha value is -0.380. The molecule has 1 aromatic heterocycles. The lowest BCUT2D eigenvalue weighted by atomic mass is 10.2. The molecule has 0 aliphatic carbocycles. The van der Waals surface area contributed by atoms with Gasteiger partial charge < -0.3 is 10.4 Å². The van der Waals surface area contributed by atoms with E-state index in [1.54, 1.807) is 11.3 Å². The minimum absolute atomic E-state index is 0.172. The van der Waals surface area contributed by atoms with E-state index >= 15 is 0 Å². The molecule has 0 aromatic carbocycles. The van der Waals surface area contributed by atoms with Gasteiger partial charge in [-0.1, -0.05) is 6.07 Å². The van der Waals surface area contributed by atoms with Crippen LogP contribution in [0.4, 0.5) is 0 Å². The van der Waals surface area contributed by atoms with Crippen molar-refractivity contribution in [2.24, 2.45) is 0 Å². The minimum atomic E-state index is -0.172. The van der Waals surface area contributed by atoms with Gasteiger partial charge in [-0.15, -0.1) is 11.3 Å². The fraction of sp³-hybridized carbons (Fsp3) is 0.636. The van der Waals surface area contributed by atoms with Crippen LogP contribution in [0, 0.1) is 0 Å². The Morgan fingerprint density at radius 2 is 2.29 bits per heavy atom. The van der Waals surface area contributed by atoms with Crippen LogP contribution in [0.25, 0.3) is 0 Å². The van der Waals surface area contributed by atoms with E-state index < -0.39 is 0 Å². The second-order valence-electron chi connectivity index (χ2n) is 3.68. The molecule has 2 nitrogen and oxygen atoms in total. The third-order valence-corrected chi connectivity index (χ3v) is 3.27. The molecule has 0 aliphatic rings. The van der Waals surface area contributed by atoms with Crippen molar-refractivity contribution in [3.05, 3.63) is 22.4 Å². The van der Waals surface area contributed by atoms with Gasteiger partial charge in [-0.25, -0.2) is 0 Å². The molecule has 0 bridgehead atoms. The van der Waals surface area contributed by atoms with Gasteiger partial charge in [-0.05, 0) is 44.7 Å². The highest BCUT2D eigenvalue weighted by Gasteiger charge is 2.04. The van der Waals surface area contributed by atoms with Crippen LogP contribution in [0.15, 0.2) is 17.5 Å². The molecule has 14 heavy (non-hydrogen) atoms. The molecule has 0 radical (unpaired) electrons. The Bertz CT molecular complexity index is 233. The lowest BCUT2D eigenvalue weighted by molar-refractivity contribution is 0.181. The maximum absolute atomic E-state index is 9.08. The average molecular weight is 213 g/mol. The third-order valence-electron chi connectivity index (χ3n) is 2.22. The summed E-state index contributed by atoms with van der Waals surface area (Å²) in [5.74, 6) is 0. The first-order valence-electron chi connectivity index (χ1n) is 5.15. The summed E-state index contributed by atoms with van der Waals surface area (Å²) in [5, 5.41) is 14.6. The molecule has 2 N–H and O–H groups in total. The van der Waals surface area contributed by atoms with Crippen molar-refractivity contribution in [2.45, 2.75) is 38.8 Å². The van der Waals surface area contributed by atoms with Crippen molar-refractivity contribution in [2.75, 3.05) is 6.54 Å². The number of thiophene rings is 1. The maximum atomic E-state index is 9.08. The van der Waals surface area contributed by atoms with Crippen LogP contribution in [0.3, 0.4) is 0 Å². The number of nitrogens with one attached hydrogen (secondary N) is 1. The van der Waals surface area contributed by atoms with Crippen LogP contribution >= 0.6 is 11.3 Å². The van der Waals surface area contributed by atoms with Gasteiger partial charge in [0.1, 0.15) is 0 Å². The molecule has 80 valence electrons. The zero-order valence-electron chi connectivity index (χ0n) is 8.86. The second kappa shape index (κ2) is 6.17. The summed E-state index contributed by atoms with van der Waals surface area (Å²) in [6, 6.07) is 4.66. The van der Waals surface area contributed by atoms with Crippen LogP contribution in [-0.2, 0) is 0 Å². The van der Waals surface area contributed by atoms with Crippen LogP contribution in [-0.4, -0.2) is 17.8 Å². The predicted octanol–water partition coefficient (Wildman–Crippen LogP) is 2.56. The largest absolute Gasteiger partial charge is 0.393 e. The molecule has 0 aliphatic heterocycles. The van der Waals surface area contributed by atoms with Crippen LogP contribution < -0.4 is 5.32 Å². The fourth-order valence-electron chi connectivity index (χ4n) is 1.35. The summed E-state index contributed by atoms with van der Waals surface area (Å²) < 4.78 is 0. The Morgan fingerprint density at radius 3 is 2.86 bits per heavy atom. The van der Waals surface area contributed by atoms with E-state index in [0.717, 1.165) is 19.4 Å². The lowest BCUT2D eigenvalue weighted by Crippen LogP contribution is -2.19. The van der Waals surface area contributed by atoms with E-state index in [9.17, 15) is 0 Å². The summed E-state index contributed by atoms with van der Waals surface area (Å²) in [6.07, 6.45) is 1.74. The Balaban J connectivity index is 2.13. The second-order valence-corrected chi connectivity index (χ2v) is 4.66. The average Bonchev–Trinajstić information content (AvgIpc) is 2.64. The van der Waals surface area contributed by atoms with Crippen molar-refractivity contribution in [1.82, 2.24) is 5.32 Å². The van der Waals surface area contributed by atoms with Gasteiger partial charge in [-0.3, -0.25) is 0 Å². The normalized spacial score (nSPS) is 15.4. The highest BCUT2D eigenvalue weighted by Crippen LogP contribution is 2.17. The lowest BCUT2D eigenvalue weighted by Gasteiger charge is -2.12. The van der Waals surface area contributed by atoms with Gasteiger partial charge in [0.15, 0.2) is 0 Å². The number of aliphatic hydroxyl groups is 1. The molecule has 2 unspecified atom stereocenters. The Morgan fingerprint density at radius 1 is 1.50 bits per heavy atom. The Kier molecular flexibility index (Phi) is 5.15. The summed E-state index contributed by atoms with van der Waals surface area (Å²) in [5.41, 5.74) is 0. The zero-order chi connectivity index (χ0) is 10.4. The van der Waals surface area contributed by atoms with Gasteiger partial charge in [0.05, 0.1) is 6.10 Å². The number of hydrogen-bond acceptors (Lipinski definition) is 3. The molecule has 0 saturated heterocycles. The van der Waals surface area contributed by atoms with E-state index in [4.69, 9.17) is 5.11 Å². The minimum Gasteiger partial charge on any atom is -0.393 e. The summed E-state index contributed by atoms with van der Waals surface area (Å²) in [7, 11) is 0. The topological polar surface area (TPSA) is 32.3 Å². The summed E-state index contributed by atoms with van der Waals surface area (Å²) in [6.45, 7) is 4.99. The Labute approximate surface area is 90.0 Å². The van der Waals surface area contributed by atoms with E-state index in [1.807, 2.05) is 6.92 Å². The van der Waals surface area contributed by atoms with E-state index in [-0.39, 0.29) is 6.10 Å². The van der Waals surface area contributed by atoms with Gasteiger partial charge in [0.2, 0.25) is 0 Å². The summed E-state index contributed by atoms with van der Waals surface area (Å²) >= 11 is 1.78. The summed E-state index contributed by atoms with van der Waals surface area (Å²) in [4.78, 5) is 1.38. The molecule has 0 spiro atoms. The zero-order valence-corrected chi connectivity index (χ0v) is 9.68. The van der Waals surface area contributed by atoms with Crippen molar-refractivity contribution in [3.8, 4) is 0 Å². The molecule has 1 aromatic rings. The maximum Gasteiger partial charge on any atom is 0.0512 e. The number of hydrogen-bond donors (Lipinski definition) is 2. The molecule has 3 heteroatoms. The van der Waals surface area contributed by atoms with Crippen LogP contribution in [0.2, 0.25) is 0 Å². The quantitative estimate of drug-likeness (QED) is 0.712. The van der Waals surface area contributed by atoms with Crippen molar-refractivity contribution in [3.63, 3.8) is 0 Å². The van der Waals surface area contributed by atoms with Crippen LogP contribution in [0.1, 0.15) is 37.6 Å². The first-order chi connectivity index (χ1) is 6.70. The first kappa shape index (κ1) is 11.7. The molecule has 0 fully saturated rings. The van der Waals surface area contributed by atoms with E-state index in [2.05, 4.69) is 29.8 Å². The first-order valence-corrected chi connectivity index (χ1v) is 6.03. The highest BCUT2D eigenvalue weighted by atomic mass is 32.1. The van der Waals surface area contributed by atoms with E-state index in [1.165, 1.54) is 4.88 Å². The van der Waals surface area contributed by atoms with Crippen molar-refractivity contribution >= 4 is 11.3 Å². The van der Waals surface area contributed by atoms with E-state index in [0.29, 0.717) is 6.04 Å². The molecular formula is C11H19NOS. The fourth-order valence-corrected chi connectivity index (χ4v) is 2.11. The molecule has 2 atom stereocenters. The van der Waals surface area contributed by atoms with Gasteiger partial charge >= 0.3 is 0 Å². The number of aliphatic hydroxyl groups excluding tert-OH is 1. The highest BCUT2D eigenvalue weighted by molar-refractivity contribution is 7.10. The molecular weight excluding hydrogens is 194 g/mol. The molecule has 1 rings (SSSR count). The smallest absolute Gasteiger partial charge is 0.0512 e. The van der Waals surface area contributed by atoms with Gasteiger partial charge in [0, 0.05) is 10.9 Å².